The number of ether oxygens (including phenoxy) is 2. The van der Waals surface area contributed by atoms with Gasteiger partial charge in [0.25, 0.3) is 0 Å². The number of anilines is 6. The van der Waals surface area contributed by atoms with Crippen molar-refractivity contribution >= 4 is 51.8 Å². The van der Waals surface area contributed by atoms with Crippen LogP contribution in [0.1, 0.15) is 66.7 Å². The zero-order valence-corrected chi connectivity index (χ0v) is 27.5. The van der Waals surface area contributed by atoms with Crippen molar-refractivity contribution in [2.24, 2.45) is 17.3 Å². The van der Waals surface area contributed by atoms with E-state index in [-0.39, 0.29) is 17.7 Å². The second-order valence-electron chi connectivity index (χ2n) is 12.5. The van der Waals surface area contributed by atoms with Gasteiger partial charge in [0.05, 0.1) is 22.7 Å². The van der Waals surface area contributed by atoms with E-state index in [2.05, 4.69) is 26.6 Å². The second kappa shape index (κ2) is 17.6. The van der Waals surface area contributed by atoms with E-state index < -0.39 is 5.41 Å². The van der Waals surface area contributed by atoms with Gasteiger partial charge in [0.1, 0.15) is 0 Å². The van der Waals surface area contributed by atoms with Gasteiger partial charge >= 0.3 is 0 Å². The number of benzene rings is 2. The van der Waals surface area contributed by atoms with Crippen molar-refractivity contribution in [1.29, 1.82) is 0 Å². The van der Waals surface area contributed by atoms with Crippen molar-refractivity contribution in [3.05, 3.63) is 36.4 Å². The van der Waals surface area contributed by atoms with Crippen molar-refractivity contribution in [1.82, 2.24) is 0 Å². The molecule has 0 atom stereocenters. The second-order valence-corrected chi connectivity index (χ2v) is 12.5. The number of hydrogen-bond donors (Lipinski definition) is 6. The Hall–Kier alpha value is -3.83. The largest absolute Gasteiger partial charge is 0.397 e. The minimum atomic E-state index is -0.456. The summed E-state index contributed by atoms with van der Waals surface area (Å²) in [6.07, 6.45) is 5.02. The number of carbonyl (C=O) groups excluding carboxylic acids is 3. The van der Waals surface area contributed by atoms with Crippen LogP contribution in [0, 0.1) is 17.3 Å². The molecule has 0 saturated carbocycles. The van der Waals surface area contributed by atoms with Crippen LogP contribution < -0.4 is 32.3 Å². The van der Waals surface area contributed by atoms with Gasteiger partial charge in [-0.1, -0.05) is 20.8 Å². The minimum Gasteiger partial charge on any atom is -0.397 e. The first-order valence-corrected chi connectivity index (χ1v) is 16.0. The Morgan fingerprint density at radius 1 is 0.733 bits per heavy atom. The van der Waals surface area contributed by atoms with Crippen LogP contribution in [0.3, 0.4) is 0 Å². The van der Waals surface area contributed by atoms with Crippen LogP contribution in [0.5, 0.6) is 0 Å². The van der Waals surface area contributed by atoms with E-state index in [1.165, 1.54) is 13.8 Å². The number of nitrogens with two attached hydrogens (primary N) is 1. The monoisotopic (exact) mass is 624 g/mol. The normalized spacial score (nSPS) is 15.7. The lowest BCUT2D eigenvalue weighted by Crippen LogP contribution is -2.30. The van der Waals surface area contributed by atoms with Crippen LogP contribution in [0.15, 0.2) is 36.4 Å². The molecule has 11 heteroatoms. The lowest BCUT2D eigenvalue weighted by molar-refractivity contribution is -0.124. The smallest absolute Gasteiger partial charge is 0.230 e. The first-order chi connectivity index (χ1) is 21.5. The standard InChI is InChI=1S/C20H31N3O3.C14H21N3O2/c1-5-20(3,4)19(25)23-18-12-16(22-14(2)24)6-7-17(18)21-13-15-8-10-26-11-9-15;1-10(18)17-12-2-3-14(13(15)8-12)16-9-11-4-6-19-7-5-11/h6-7,12,15,21H,5,8-11,13H2,1-4H3,(H,22,24)(H,23,25);2-3,8,11,16H,4-7,9,15H2,1H3,(H,17,18). The highest BCUT2D eigenvalue weighted by Gasteiger charge is 2.26. The number of nitrogens with one attached hydrogen (secondary N) is 5. The maximum Gasteiger partial charge on any atom is 0.230 e. The summed E-state index contributed by atoms with van der Waals surface area (Å²) >= 11 is 0. The molecule has 2 aromatic rings. The summed E-state index contributed by atoms with van der Waals surface area (Å²) < 4.78 is 10.7. The summed E-state index contributed by atoms with van der Waals surface area (Å²) in [6.45, 7) is 13.9. The molecule has 0 aromatic heterocycles. The maximum absolute atomic E-state index is 12.6. The molecule has 11 nitrogen and oxygen atoms in total. The van der Waals surface area contributed by atoms with E-state index in [9.17, 15) is 14.4 Å². The summed E-state index contributed by atoms with van der Waals surface area (Å²) in [6, 6.07) is 11.1. The van der Waals surface area contributed by atoms with Gasteiger partial charge in [-0.05, 0) is 80.3 Å². The average Bonchev–Trinajstić information content (AvgIpc) is 3.01. The van der Waals surface area contributed by atoms with Crippen molar-refractivity contribution in [2.75, 3.05) is 71.8 Å². The van der Waals surface area contributed by atoms with Gasteiger partial charge < -0.3 is 41.8 Å². The van der Waals surface area contributed by atoms with Crippen LogP contribution in [0.2, 0.25) is 0 Å². The number of carbonyl (C=O) groups is 3. The molecule has 2 fully saturated rings. The van der Waals surface area contributed by atoms with E-state index in [4.69, 9.17) is 15.2 Å². The highest BCUT2D eigenvalue weighted by atomic mass is 16.5. The molecule has 0 aliphatic carbocycles. The first kappa shape index (κ1) is 35.6. The van der Waals surface area contributed by atoms with E-state index >= 15 is 0 Å². The zero-order valence-electron chi connectivity index (χ0n) is 27.5. The molecular weight excluding hydrogens is 572 g/mol. The summed E-state index contributed by atoms with van der Waals surface area (Å²) in [7, 11) is 0. The number of nitrogen functional groups attached to an aromatic ring is 1. The molecule has 0 unspecified atom stereocenters. The molecule has 4 rings (SSSR count). The quantitative estimate of drug-likeness (QED) is 0.168. The average molecular weight is 625 g/mol. The Morgan fingerprint density at radius 2 is 1.20 bits per heavy atom. The summed E-state index contributed by atoms with van der Waals surface area (Å²) in [4.78, 5) is 34.9. The van der Waals surface area contributed by atoms with Crippen LogP contribution in [-0.4, -0.2) is 57.2 Å². The highest BCUT2D eigenvalue weighted by molar-refractivity contribution is 5.99. The van der Waals surface area contributed by atoms with Gasteiger partial charge in [0, 0.05) is 70.2 Å². The maximum atomic E-state index is 12.6. The Morgan fingerprint density at radius 3 is 1.67 bits per heavy atom. The zero-order chi connectivity index (χ0) is 32.8. The van der Waals surface area contributed by atoms with Crippen molar-refractivity contribution in [3.63, 3.8) is 0 Å². The molecule has 0 spiro atoms. The number of rotatable bonds is 11. The molecule has 45 heavy (non-hydrogen) atoms. The van der Waals surface area contributed by atoms with E-state index in [1.807, 2.05) is 45.0 Å². The molecule has 2 heterocycles. The van der Waals surface area contributed by atoms with Gasteiger partial charge in [-0.25, -0.2) is 0 Å². The van der Waals surface area contributed by atoms with E-state index in [0.717, 1.165) is 88.7 Å². The Bertz CT molecular complexity index is 1270. The molecule has 2 aliphatic heterocycles. The number of amides is 3. The minimum absolute atomic E-state index is 0.0332. The summed E-state index contributed by atoms with van der Waals surface area (Å²) in [5, 5.41) is 15.3. The highest BCUT2D eigenvalue weighted by Crippen LogP contribution is 2.30. The molecule has 0 radical (unpaired) electrons. The Balaban J connectivity index is 0.000000257. The fourth-order valence-corrected chi connectivity index (χ4v) is 4.95. The van der Waals surface area contributed by atoms with Gasteiger partial charge in [0.15, 0.2) is 0 Å². The third-order valence-corrected chi connectivity index (χ3v) is 8.30. The molecular formula is C34H52N6O5. The van der Waals surface area contributed by atoms with Crippen molar-refractivity contribution in [3.8, 4) is 0 Å². The van der Waals surface area contributed by atoms with Crippen LogP contribution in [0.25, 0.3) is 0 Å². The molecule has 3 amide bonds. The van der Waals surface area contributed by atoms with Crippen molar-refractivity contribution in [2.45, 2.75) is 66.7 Å². The third-order valence-electron chi connectivity index (χ3n) is 8.30. The van der Waals surface area contributed by atoms with Gasteiger partial charge in [-0.2, -0.15) is 0 Å². The van der Waals surface area contributed by atoms with Gasteiger partial charge in [-0.3, -0.25) is 14.4 Å². The van der Waals surface area contributed by atoms with E-state index in [0.29, 0.717) is 28.9 Å². The lowest BCUT2D eigenvalue weighted by atomic mass is 9.89. The predicted molar refractivity (Wildman–Crippen MR) is 183 cm³/mol. The van der Waals surface area contributed by atoms with Gasteiger partial charge in [0.2, 0.25) is 17.7 Å². The van der Waals surface area contributed by atoms with Crippen molar-refractivity contribution < 1.29 is 23.9 Å². The first-order valence-electron chi connectivity index (χ1n) is 16.0. The van der Waals surface area contributed by atoms with Gasteiger partial charge in [-0.15, -0.1) is 0 Å². The SMILES string of the molecule is CC(=O)Nc1ccc(NCC2CCOCC2)c(N)c1.CCC(C)(C)C(=O)Nc1cc(NC(C)=O)ccc1NCC1CCOCC1. The molecule has 0 bridgehead atoms. The predicted octanol–water partition coefficient (Wildman–Crippen LogP) is 5.92. The molecule has 248 valence electrons. The summed E-state index contributed by atoms with van der Waals surface area (Å²) in [5.74, 6) is 0.938. The molecule has 7 N–H and O–H groups in total. The molecule has 2 aliphatic rings. The van der Waals surface area contributed by atoms with Crippen LogP contribution >= 0.6 is 0 Å². The number of hydrogen-bond acceptors (Lipinski definition) is 8. The fraction of sp³-hybridized carbons (Fsp3) is 0.559. The lowest BCUT2D eigenvalue weighted by Gasteiger charge is -2.25. The molecule has 2 aromatic carbocycles. The molecule has 2 saturated heterocycles. The Labute approximate surface area is 267 Å². The summed E-state index contributed by atoms with van der Waals surface area (Å²) in [5.41, 5.74) is 10.0. The van der Waals surface area contributed by atoms with Crippen LogP contribution in [-0.2, 0) is 23.9 Å². The third kappa shape index (κ3) is 12.2. The van der Waals surface area contributed by atoms with Crippen LogP contribution in [0.4, 0.5) is 34.1 Å². The Kier molecular flexibility index (Phi) is 13.9. The topological polar surface area (TPSA) is 156 Å². The van der Waals surface area contributed by atoms with E-state index in [1.54, 1.807) is 12.1 Å². The fourth-order valence-electron chi connectivity index (χ4n) is 4.95.